The number of nitrogens with zero attached hydrogens (tertiary/aromatic N) is 3. The third-order valence-corrected chi connectivity index (χ3v) is 5.01. The van der Waals surface area contributed by atoms with Crippen LogP contribution in [0.3, 0.4) is 0 Å². The Kier molecular flexibility index (Phi) is 5.86. The summed E-state index contributed by atoms with van der Waals surface area (Å²) in [6.07, 6.45) is 4.62. The number of ether oxygens (including phenoxy) is 1. The minimum Gasteiger partial charge on any atom is -0.439 e. The number of carbonyl (C=O) groups is 1. The van der Waals surface area contributed by atoms with E-state index in [9.17, 15) is 4.79 Å². The van der Waals surface area contributed by atoms with Crippen LogP contribution in [0.5, 0.6) is 11.6 Å². The first-order chi connectivity index (χ1) is 14.2. The second-order valence-corrected chi connectivity index (χ2v) is 7.31. The molecule has 1 saturated heterocycles. The lowest BCUT2D eigenvalue weighted by atomic mass is 10.0. The molecule has 1 atom stereocenters. The summed E-state index contributed by atoms with van der Waals surface area (Å²) in [6.45, 7) is 3.55. The fourth-order valence-electron chi connectivity index (χ4n) is 3.59. The molecule has 1 aromatic carbocycles. The quantitative estimate of drug-likeness (QED) is 0.666. The van der Waals surface area contributed by atoms with Gasteiger partial charge in [0.05, 0.1) is 23.6 Å². The number of aromatic amines is 1. The first kappa shape index (κ1) is 19.1. The Labute approximate surface area is 170 Å². The number of amides is 1. The molecular formula is C22H25N5O2. The lowest BCUT2D eigenvalue weighted by Gasteiger charge is -2.34. The number of H-pyrrole nitrogens is 1. The fourth-order valence-corrected chi connectivity index (χ4v) is 3.59. The van der Waals surface area contributed by atoms with Crippen molar-refractivity contribution in [2.24, 2.45) is 0 Å². The van der Waals surface area contributed by atoms with Gasteiger partial charge in [-0.15, -0.1) is 0 Å². The molecule has 0 bridgehead atoms. The van der Waals surface area contributed by atoms with Gasteiger partial charge in [-0.3, -0.25) is 14.8 Å². The highest BCUT2D eigenvalue weighted by atomic mass is 16.5. The average molecular weight is 391 g/mol. The van der Waals surface area contributed by atoms with Gasteiger partial charge in [0.15, 0.2) is 0 Å². The number of aromatic nitrogens is 3. The summed E-state index contributed by atoms with van der Waals surface area (Å²) in [6, 6.07) is 14.9. The Morgan fingerprint density at radius 3 is 2.83 bits per heavy atom. The molecular weight excluding hydrogens is 366 g/mol. The molecule has 1 aliphatic heterocycles. The van der Waals surface area contributed by atoms with Crippen LogP contribution in [0.1, 0.15) is 30.7 Å². The molecule has 0 unspecified atom stereocenters. The van der Waals surface area contributed by atoms with Crippen LogP contribution in [-0.2, 0) is 11.3 Å². The Bertz CT molecular complexity index is 939. The monoisotopic (exact) mass is 391 g/mol. The van der Waals surface area contributed by atoms with Crippen molar-refractivity contribution in [3.05, 3.63) is 66.1 Å². The standard InChI is InChI=1S/C22H25N5O2/c1-16-13-18(26-25-16)15-27-12-6-5-9-20(27)22(28)24-17-10-11-21(23-14-17)29-19-7-3-2-4-8-19/h2-4,7-8,10-11,13-14,20H,5-6,9,12,15H2,1H3,(H,24,28)(H,25,26)/t20-/m0/s1. The van der Waals surface area contributed by atoms with Crippen LogP contribution in [0.2, 0.25) is 0 Å². The van der Waals surface area contributed by atoms with E-state index in [1.807, 2.05) is 49.4 Å². The minimum atomic E-state index is -0.166. The Morgan fingerprint density at radius 1 is 1.24 bits per heavy atom. The third-order valence-electron chi connectivity index (χ3n) is 5.01. The Balaban J connectivity index is 1.38. The molecule has 7 heteroatoms. The molecule has 3 heterocycles. The first-order valence-electron chi connectivity index (χ1n) is 9.92. The van der Waals surface area contributed by atoms with Gasteiger partial charge < -0.3 is 10.1 Å². The van der Waals surface area contributed by atoms with E-state index in [0.29, 0.717) is 18.1 Å². The van der Waals surface area contributed by atoms with Gasteiger partial charge in [-0.25, -0.2) is 4.98 Å². The zero-order chi connectivity index (χ0) is 20.1. The summed E-state index contributed by atoms with van der Waals surface area (Å²) < 4.78 is 5.70. The Hall–Kier alpha value is -3.19. The molecule has 7 nitrogen and oxygen atoms in total. The van der Waals surface area contributed by atoms with Crippen molar-refractivity contribution in [2.75, 3.05) is 11.9 Å². The van der Waals surface area contributed by atoms with Gasteiger partial charge in [0.25, 0.3) is 0 Å². The highest BCUT2D eigenvalue weighted by Gasteiger charge is 2.29. The highest BCUT2D eigenvalue weighted by molar-refractivity contribution is 5.94. The lowest BCUT2D eigenvalue weighted by molar-refractivity contribution is -0.122. The van der Waals surface area contributed by atoms with Crippen LogP contribution in [0.25, 0.3) is 0 Å². The lowest BCUT2D eigenvalue weighted by Crippen LogP contribution is -2.46. The van der Waals surface area contributed by atoms with Crippen molar-refractivity contribution in [3.8, 4) is 11.6 Å². The molecule has 29 heavy (non-hydrogen) atoms. The molecule has 4 rings (SSSR count). The number of carbonyl (C=O) groups excluding carboxylic acids is 1. The van der Waals surface area contributed by atoms with Gasteiger partial charge in [0, 0.05) is 18.3 Å². The summed E-state index contributed by atoms with van der Waals surface area (Å²) in [5.41, 5.74) is 2.66. The first-order valence-corrected chi connectivity index (χ1v) is 9.92. The smallest absolute Gasteiger partial charge is 0.241 e. The van der Waals surface area contributed by atoms with Crippen LogP contribution in [0.15, 0.2) is 54.7 Å². The highest BCUT2D eigenvalue weighted by Crippen LogP contribution is 2.23. The maximum atomic E-state index is 12.9. The van der Waals surface area contributed by atoms with E-state index in [4.69, 9.17) is 4.74 Å². The van der Waals surface area contributed by atoms with Crippen LogP contribution < -0.4 is 10.1 Å². The van der Waals surface area contributed by atoms with E-state index in [1.54, 1.807) is 12.3 Å². The maximum absolute atomic E-state index is 12.9. The van der Waals surface area contributed by atoms with Gasteiger partial charge in [-0.1, -0.05) is 24.6 Å². The van der Waals surface area contributed by atoms with E-state index in [0.717, 1.165) is 42.9 Å². The van der Waals surface area contributed by atoms with Crippen LogP contribution in [-0.4, -0.2) is 38.6 Å². The third kappa shape index (κ3) is 5.00. The number of likely N-dealkylation sites (tertiary alicyclic amines) is 1. The number of para-hydroxylation sites is 1. The summed E-state index contributed by atoms with van der Waals surface area (Å²) in [5, 5.41) is 10.3. The van der Waals surface area contributed by atoms with Crippen molar-refractivity contribution in [3.63, 3.8) is 0 Å². The molecule has 1 amide bonds. The zero-order valence-corrected chi connectivity index (χ0v) is 16.5. The number of hydrogen-bond donors (Lipinski definition) is 2. The number of anilines is 1. The summed E-state index contributed by atoms with van der Waals surface area (Å²) >= 11 is 0. The number of hydrogen-bond acceptors (Lipinski definition) is 5. The van der Waals surface area contributed by atoms with Gasteiger partial charge >= 0.3 is 0 Å². The molecule has 1 fully saturated rings. The van der Waals surface area contributed by atoms with Crippen LogP contribution >= 0.6 is 0 Å². The summed E-state index contributed by atoms with van der Waals surface area (Å²) in [5.74, 6) is 1.21. The second-order valence-electron chi connectivity index (χ2n) is 7.31. The largest absolute Gasteiger partial charge is 0.439 e. The van der Waals surface area contributed by atoms with E-state index < -0.39 is 0 Å². The van der Waals surface area contributed by atoms with Crippen LogP contribution in [0, 0.1) is 6.92 Å². The number of rotatable bonds is 6. The van der Waals surface area contributed by atoms with Gasteiger partial charge in [0.2, 0.25) is 11.8 Å². The van der Waals surface area contributed by atoms with Gasteiger partial charge in [0.1, 0.15) is 5.75 Å². The summed E-state index contributed by atoms with van der Waals surface area (Å²) in [7, 11) is 0. The Morgan fingerprint density at radius 2 is 2.10 bits per heavy atom. The molecule has 3 aromatic rings. The minimum absolute atomic E-state index is 0.00418. The summed E-state index contributed by atoms with van der Waals surface area (Å²) in [4.78, 5) is 19.4. The van der Waals surface area contributed by atoms with Crippen molar-refractivity contribution in [1.29, 1.82) is 0 Å². The van der Waals surface area contributed by atoms with E-state index >= 15 is 0 Å². The van der Waals surface area contributed by atoms with E-state index in [-0.39, 0.29) is 11.9 Å². The molecule has 1 aliphatic rings. The van der Waals surface area contributed by atoms with E-state index in [2.05, 4.69) is 25.4 Å². The number of aryl methyl sites for hydroxylation is 1. The van der Waals surface area contributed by atoms with Crippen molar-refractivity contribution in [1.82, 2.24) is 20.1 Å². The SMILES string of the molecule is Cc1cc(CN2CCCC[C@H]2C(=O)Nc2ccc(Oc3ccccc3)nc2)n[nH]1. The van der Waals surface area contributed by atoms with Gasteiger partial charge in [-0.05, 0) is 50.6 Å². The molecule has 2 N–H and O–H groups in total. The maximum Gasteiger partial charge on any atom is 0.241 e. The second kappa shape index (κ2) is 8.87. The molecule has 2 aromatic heterocycles. The predicted molar refractivity (Wildman–Crippen MR) is 111 cm³/mol. The number of benzene rings is 1. The zero-order valence-electron chi connectivity index (χ0n) is 16.5. The fraction of sp³-hybridized carbons (Fsp3) is 0.318. The molecule has 0 aliphatic carbocycles. The van der Waals surface area contributed by atoms with Crippen molar-refractivity contribution >= 4 is 11.6 Å². The predicted octanol–water partition coefficient (Wildman–Crippen LogP) is 3.90. The van der Waals surface area contributed by atoms with Crippen molar-refractivity contribution < 1.29 is 9.53 Å². The number of pyridine rings is 1. The van der Waals surface area contributed by atoms with Crippen LogP contribution in [0.4, 0.5) is 5.69 Å². The molecule has 0 spiro atoms. The molecule has 0 radical (unpaired) electrons. The average Bonchev–Trinajstić information content (AvgIpc) is 3.15. The van der Waals surface area contributed by atoms with Gasteiger partial charge in [-0.2, -0.15) is 5.10 Å². The number of piperidine rings is 1. The number of nitrogens with one attached hydrogen (secondary N) is 2. The normalized spacial score (nSPS) is 17.1. The van der Waals surface area contributed by atoms with E-state index in [1.165, 1.54) is 0 Å². The molecule has 0 saturated carbocycles. The van der Waals surface area contributed by atoms with Crippen molar-refractivity contribution in [2.45, 2.75) is 38.8 Å². The molecule has 150 valence electrons. The topological polar surface area (TPSA) is 83.1 Å².